The van der Waals surface area contributed by atoms with Gasteiger partial charge in [-0.1, -0.05) is 0 Å². The third-order valence-corrected chi connectivity index (χ3v) is 4.32. The number of oxazole rings is 1. The lowest BCUT2D eigenvalue weighted by Gasteiger charge is -2.43. The molecule has 0 aromatic carbocycles. The Balaban J connectivity index is 1.85. The first-order chi connectivity index (χ1) is 11.3. The number of aromatic nitrogens is 3. The molecule has 2 aromatic rings. The van der Waals surface area contributed by atoms with E-state index in [9.17, 15) is 19.5 Å². The van der Waals surface area contributed by atoms with Gasteiger partial charge in [-0.2, -0.15) is 0 Å². The minimum Gasteiger partial charge on any atom is -0.438 e. The van der Waals surface area contributed by atoms with Crippen molar-refractivity contribution in [2.24, 2.45) is 0 Å². The molecule has 24 heavy (non-hydrogen) atoms. The normalized spacial score (nSPS) is 24.1. The number of β-amino-alcohol motifs (C(OH)–C–C–N with tert-alkyl or cyclic N) is 1. The van der Waals surface area contributed by atoms with Gasteiger partial charge in [0.15, 0.2) is 6.39 Å². The van der Waals surface area contributed by atoms with E-state index < -0.39 is 22.9 Å². The lowest BCUT2D eigenvalue weighted by Crippen LogP contribution is -2.56. The van der Waals surface area contributed by atoms with Crippen LogP contribution in [0.15, 0.2) is 32.7 Å². The Morgan fingerprint density at radius 2 is 2.25 bits per heavy atom. The molecule has 1 fully saturated rings. The van der Waals surface area contributed by atoms with Crippen molar-refractivity contribution in [1.29, 1.82) is 0 Å². The van der Waals surface area contributed by atoms with Crippen LogP contribution in [0.5, 0.6) is 0 Å². The summed E-state index contributed by atoms with van der Waals surface area (Å²) >= 11 is 0. The Hall–Kier alpha value is -2.68. The summed E-state index contributed by atoms with van der Waals surface area (Å²) in [5.74, 6) is -0.206. The van der Waals surface area contributed by atoms with E-state index in [-0.39, 0.29) is 18.2 Å². The Morgan fingerprint density at radius 3 is 2.83 bits per heavy atom. The SMILES string of the molecule is Cc1ncoc1C(=O)N1CC[C@@H](n2ccc(=O)[nH]c2=O)[C@](C)(O)C1. The maximum Gasteiger partial charge on any atom is 0.328 e. The smallest absolute Gasteiger partial charge is 0.328 e. The van der Waals surface area contributed by atoms with Crippen molar-refractivity contribution in [2.45, 2.75) is 31.9 Å². The Morgan fingerprint density at radius 1 is 1.50 bits per heavy atom. The van der Waals surface area contributed by atoms with Gasteiger partial charge in [-0.05, 0) is 20.3 Å². The zero-order chi connectivity index (χ0) is 17.5. The van der Waals surface area contributed by atoms with Gasteiger partial charge in [-0.3, -0.25) is 19.1 Å². The number of nitrogens with zero attached hydrogens (tertiary/aromatic N) is 3. The number of rotatable bonds is 2. The van der Waals surface area contributed by atoms with Gasteiger partial charge in [0.1, 0.15) is 5.60 Å². The van der Waals surface area contributed by atoms with Crippen LogP contribution in [0.1, 0.15) is 35.6 Å². The van der Waals surface area contributed by atoms with Crippen LogP contribution >= 0.6 is 0 Å². The van der Waals surface area contributed by atoms with E-state index in [1.807, 2.05) is 0 Å². The molecule has 2 N–H and O–H groups in total. The van der Waals surface area contributed by atoms with E-state index in [1.54, 1.807) is 13.8 Å². The maximum absolute atomic E-state index is 12.5. The van der Waals surface area contributed by atoms with Gasteiger partial charge in [0, 0.05) is 18.8 Å². The summed E-state index contributed by atoms with van der Waals surface area (Å²) in [5.41, 5.74) is -1.94. The van der Waals surface area contributed by atoms with Gasteiger partial charge in [-0.15, -0.1) is 0 Å². The maximum atomic E-state index is 12.5. The number of aliphatic hydroxyl groups is 1. The number of amides is 1. The van der Waals surface area contributed by atoms with E-state index in [0.29, 0.717) is 18.7 Å². The first-order valence-corrected chi connectivity index (χ1v) is 7.53. The number of aryl methyl sites for hydroxylation is 1. The van der Waals surface area contributed by atoms with Crippen LogP contribution in [0.25, 0.3) is 0 Å². The van der Waals surface area contributed by atoms with Gasteiger partial charge < -0.3 is 14.4 Å². The highest BCUT2D eigenvalue weighted by Crippen LogP contribution is 2.31. The molecule has 0 spiro atoms. The average Bonchev–Trinajstić information content (AvgIpc) is 2.92. The molecule has 0 bridgehead atoms. The zero-order valence-corrected chi connectivity index (χ0v) is 13.4. The van der Waals surface area contributed by atoms with E-state index in [0.717, 1.165) is 0 Å². The molecule has 2 atom stereocenters. The van der Waals surface area contributed by atoms with Crippen LogP contribution in [-0.2, 0) is 0 Å². The predicted octanol–water partition coefficient (Wildman–Crippen LogP) is -0.329. The van der Waals surface area contributed by atoms with Crippen molar-refractivity contribution in [3.05, 3.63) is 50.9 Å². The van der Waals surface area contributed by atoms with Crippen LogP contribution in [0, 0.1) is 6.92 Å². The van der Waals surface area contributed by atoms with Gasteiger partial charge in [0.2, 0.25) is 5.76 Å². The Labute approximate surface area is 136 Å². The number of carbonyl (C=O) groups is 1. The molecular weight excluding hydrogens is 316 g/mol. The van der Waals surface area contributed by atoms with Gasteiger partial charge in [0.05, 0.1) is 18.3 Å². The summed E-state index contributed by atoms with van der Waals surface area (Å²) in [7, 11) is 0. The average molecular weight is 334 g/mol. The van der Waals surface area contributed by atoms with Crippen LogP contribution in [0.4, 0.5) is 0 Å². The van der Waals surface area contributed by atoms with Crippen molar-refractivity contribution in [2.75, 3.05) is 13.1 Å². The highest BCUT2D eigenvalue weighted by Gasteiger charge is 2.42. The second kappa shape index (κ2) is 5.75. The fourth-order valence-corrected chi connectivity index (χ4v) is 3.10. The van der Waals surface area contributed by atoms with Crippen molar-refractivity contribution in [3.8, 4) is 0 Å². The highest BCUT2D eigenvalue weighted by molar-refractivity contribution is 5.92. The van der Waals surface area contributed by atoms with Crippen molar-refractivity contribution < 1.29 is 14.3 Å². The molecule has 9 heteroatoms. The number of nitrogens with one attached hydrogen (secondary N) is 1. The second-order valence-electron chi connectivity index (χ2n) is 6.17. The van der Waals surface area contributed by atoms with Gasteiger partial charge >= 0.3 is 5.69 Å². The third-order valence-electron chi connectivity index (χ3n) is 4.32. The van der Waals surface area contributed by atoms with Crippen LogP contribution in [0.3, 0.4) is 0 Å². The highest BCUT2D eigenvalue weighted by atomic mass is 16.4. The molecule has 0 saturated carbocycles. The molecular formula is C15H18N4O5. The summed E-state index contributed by atoms with van der Waals surface area (Å²) in [6.45, 7) is 3.59. The number of carbonyl (C=O) groups excluding carboxylic acids is 1. The quantitative estimate of drug-likeness (QED) is 0.776. The fourth-order valence-electron chi connectivity index (χ4n) is 3.10. The standard InChI is InChI=1S/C15H18N4O5/c1-9-12(24-8-16-9)13(21)18-5-3-10(15(2,23)7-18)19-6-4-11(20)17-14(19)22/h4,6,8,10,23H,3,5,7H2,1-2H3,(H,17,20,22)/t10-,15-/m1/s1. The van der Waals surface area contributed by atoms with Crippen LogP contribution in [-0.4, -0.2) is 49.1 Å². The second-order valence-corrected chi connectivity index (χ2v) is 6.17. The Kier molecular flexibility index (Phi) is 3.88. The first-order valence-electron chi connectivity index (χ1n) is 7.53. The van der Waals surface area contributed by atoms with Crippen LogP contribution < -0.4 is 11.2 Å². The molecule has 0 radical (unpaired) electrons. The molecule has 2 aromatic heterocycles. The monoisotopic (exact) mass is 334 g/mol. The minimum atomic E-state index is -1.34. The summed E-state index contributed by atoms with van der Waals surface area (Å²) in [5, 5.41) is 10.8. The molecule has 1 amide bonds. The van der Waals surface area contributed by atoms with Crippen molar-refractivity contribution in [3.63, 3.8) is 0 Å². The molecule has 0 aliphatic carbocycles. The molecule has 9 nitrogen and oxygen atoms in total. The lowest BCUT2D eigenvalue weighted by atomic mass is 9.88. The van der Waals surface area contributed by atoms with Crippen molar-refractivity contribution >= 4 is 5.91 Å². The van der Waals surface area contributed by atoms with E-state index in [4.69, 9.17) is 4.42 Å². The number of piperidine rings is 1. The van der Waals surface area contributed by atoms with E-state index >= 15 is 0 Å². The summed E-state index contributed by atoms with van der Waals surface area (Å²) in [6, 6.07) is 0.675. The molecule has 1 saturated heterocycles. The number of aromatic amines is 1. The van der Waals surface area contributed by atoms with Crippen LogP contribution in [0.2, 0.25) is 0 Å². The molecule has 0 unspecified atom stereocenters. The first kappa shape index (κ1) is 16.2. The molecule has 3 heterocycles. The topological polar surface area (TPSA) is 121 Å². The third kappa shape index (κ3) is 2.78. The number of likely N-dealkylation sites (tertiary alicyclic amines) is 1. The van der Waals surface area contributed by atoms with E-state index in [1.165, 1.54) is 28.1 Å². The fraction of sp³-hybridized carbons (Fsp3) is 0.467. The number of hydrogen-bond acceptors (Lipinski definition) is 6. The van der Waals surface area contributed by atoms with Gasteiger partial charge in [0.25, 0.3) is 11.5 Å². The molecule has 1 aliphatic rings. The number of H-pyrrole nitrogens is 1. The molecule has 1 aliphatic heterocycles. The summed E-state index contributed by atoms with van der Waals surface area (Å²) in [4.78, 5) is 43.2. The van der Waals surface area contributed by atoms with E-state index in [2.05, 4.69) is 9.97 Å². The lowest BCUT2D eigenvalue weighted by molar-refractivity contribution is -0.0509. The largest absolute Gasteiger partial charge is 0.438 e. The molecule has 3 rings (SSSR count). The summed E-state index contributed by atoms with van der Waals surface area (Å²) in [6.07, 6.45) is 2.92. The van der Waals surface area contributed by atoms with Gasteiger partial charge in [-0.25, -0.2) is 9.78 Å². The van der Waals surface area contributed by atoms with Crippen molar-refractivity contribution in [1.82, 2.24) is 19.4 Å². The number of hydrogen-bond donors (Lipinski definition) is 2. The molecule has 128 valence electrons. The predicted molar refractivity (Wildman–Crippen MR) is 82.7 cm³/mol. The summed E-state index contributed by atoms with van der Waals surface area (Å²) < 4.78 is 6.41. The minimum absolute atomic E-state index is 0.0300. The Bertz CT molecular complexity index is 878. The zero-order valence-electron chi connectivity index (χ0n) is 13.4.